The molecule has 0 amide bonds. The summed E-state index contributed by atoms with van der Waals surface area (Å²) in [5.74, 6) is 0.879. The first kappa shape index (κ1) is 14.2. The van der Waals surface area contributed by atoms with E-state index in [1.165, 1.54) is 12.1 Å². The predicted molar refractivity (Wildman–Crippen MR) is 69.5 cm³/mol. The van der Waals surface area contributed by atoms with Crippen LogP contribution in [0, 0.1) is 16.0 Å². The average Bonchev–Trinajstić information content (AvgIpc) is 2.27. The SMILES string of the molecule is CC(C)COCCNc1nc(N)ccc1[N+](=O)[O-]. The maximum atomic E-state index is 10.8. The summed E-state index contributed by atoms with van der Waals surface area (Å²) in [6, 6.07) is 2.73. The molecule has 0 bridgehead atoms. The molecule has 0 aromatic carbocycles. The van der Waals surface area contributed by atoms with Crippen molar-refractivity contribution in [1.82, 2.24) is 4.98 Å². The number of nitrogens with one attached hydrogen (secondary N) is 1. The van der Waals surface area contributed by atoms with Gasteiger partial charge in [0.1, 0.15) is 5.82 Å². The molecule has 18 heavy (non-hydrogen) atoms. The zero-order valence-electron chi connectivity index (χ0n) is 10.5. The van der Waals surface area contributed by atoms with Crippen LogP contribution in [0.5, 0.6) is 0 Å². The van der Waals surface area contributed by atoms with Gasteiger partial charge >= 0.3 is 5.69 Å². The molecule has 1 aromatic heterocycles. The van der Waals surface area contributed by atoms with E-state index in [1.807, 2.05) is 0 Å². The summed E-state index contributed by atoms with van der Waals surface area (Å²) >= 11 is 0. The Morgan fingerprint density at radius 2 is 2.28 bits per heavy atom. The molecule has 0 aliphatic carbocycles. The molecule has 1 rings (SSSR count). The van der Waals surface area contributed by atoms with Gasteiger partial charge in [-0.05, 0) is 12.0 Å². The Kier molecular flexibility index (Phi) is 5.31. The minimum Gasteiger partial charge on any atom is -0.384 e. The van der Waals surface area contributed by atoms with Crippen LogP contribution in [0.25, 0.3) is 0 Å². The topological polar surface area (TPSA) is 103 Å². The van der Waals surface area contributed by atoms with Gasteiger partial charge in [0.25, 0.3) is 0 Å². The summed E-state index contributed by atoms with van der Waals surface area (Å²) in [6.07, 6.45) is 0. The first-order chi connectivity index (χ1) is 8.50. The van der Waals surface area contributed by atoms with Crippen LogP contribution in [-0.2, 0) is 4.74 Å². The van der Waals surface area contributed by atoms with E-state index in [0.29, 0.717) is 25.7 Å². The molecule has 3 N–H and O–H groups in total. The maximum absolute atomic E-state index is 10.8. The summed E-state index contributed by atoms with van der Waals surface area (Å²) in [7, 11) is 0. The number of nitrogens with zero attached hydrogens (tertiary/aromatic N) is 2. The van der Waals surface area contributed by atoms with Crippen LogP contribution in [-0.4, -0.2) is 29.7 Å². The first-order valence-electron chi connectivity index (χ1n) is 5.73. The second-order valence-electron chi connectivity index (χ2n) is 4.26. The lowest BCUT2D eigenvalue weighted by Crippen LogP contribution is -2.14. The quantitative estimate of drug-likeness (QED) is 0.435. The summed E-state index contributed by atoms with van der Waals surface area (Å²) < 4.78 is 5.36. The molecule has 1 heterocycles. The largest absolute Gasteiger partial charge is 0.384 e. The zero-order valence-corrected chi connectivity index (χ0v) is 10.5. The average molecular weight is 254 g/mol. The summed E-state index contributed by atoms with van der Waals surface area (Å²) in [5, 5.41) is 13.6. The highest BCUT2D eigenvalue weighted by molar-refractivity contribution is 5.59. The fraction of sp³-hybridized carbons (Fsp3) is 0.545. The van der Waals surface area contributed by atoms with E-state index in [2.05, 4.69) is 24.1 Å². The van der Waals surface area contributed by atoms with Gasteiger partial charge in [0, 0.05) is 19.2 Å². The third kappa shape index (κ3) is 4.54. The number of rotatable bonds is 7. The van der Waals surface area contributed by atoms with Gasteiger partial charge in [-0.3, -0.25) is 10.1 Å². The number of nitrogens with two attached hydrogens (primary N) is 1. The molecule has 0 spiro atoms. The highest BCUT2D eigenvalue weighted by atomic mass is 16.6. The number of aromatic nitrogens is 1. The van der Waals surface area contributed by atoms with E-state index in [0.717, 1.165) is 0 Å². The summed E-state index contributed by atoms with van der Waals surface area (Å²) in [5.41, 5.74) is 5.40. The molecule has 0 saturated heterocycles. The Balaban J connectivity index is 2.50. The standard InChI is InChI=1S/C11H18N4O3/c1-8(2)7-18-6-5-13-11-9(15(16)17)3-4-10(12)14-11/h3-4,8H,5-7H2,1-2H3,(H3,12,13,14). The van der Waals surface area contributed by atoms with Crippen molar-refractivity contribution in [2.75, 3.05) is 30.8 Å². The number of anilines is 2. The molecule has 0 radical (unpaired) electrons. The van der Waals surface area contributed by atoms with E-state index in [9.17, 15) is 10.1 Å². The molecular weight excluding hydrogens is 236 g/mol. The Labute approximate surface area is 105 Å². The van der Waals surface area contributed by atoms with Crippen molar-refractivity contribution >= 4 is 17.3 Å². The number of hydrogen-bond donors (Lipinski definition) is 2. The molecule has 0 atom stereocenters. The Hall–Kier alpha value is -1.89. The van der Waals surface area contributed by atoms with Crippen molar-refractivity contribution in [3.05, 3.63) is 22.2 Å². The van der Waals surface area contributed by atoms with E-state index in [1.54, 1.807) is 0 Å². The molecule has 1 aromatic rings. The lowest BCUT2D eigenvalue weighted by atomic mass is 10.2. The van der Waals surface area contributed by atoms with Crippen molar-refractivity contribution in [2.24, 2.45) is 5.92 Å². The second-order valence-corrected chi connectivity index (χ2v) is 4.26. The smallest absolute Gasteiger partial charge is 0.311 e. The molecule has 7 heteroatoms. The van der Waals surface area contributed by atoms with E-state index in [-0.39, 0.29) is 17.3 Å². The van der Waals surface area contributed by atoms with Gasteiger partial charge in [-0.1, -0.05) is 13.8 Å². The highest BCUT2D eigenvalue weighted by Crippen LogP contribution is 2.22. The fourth-order valence-electron chi connectivity index (χ4n) is 1.30. The second kappa shape index (κ2) is 6.75. The Morgan fingerprint density at radius 3 is 2.89 bits per heavy atom. The zero-order chi connectivity index (χ0) is 13.5. The molecule has 0 aliphatic rings. The third-order valence-electron chi connectivity index (χ3n) is 2.08. The van der Waals surface area contributed by atoms with Crippen molar-refractivity contribution in [2.45, 2.75) is 13.8 Å². The predicted octanol–water partition coefficient (Wildman–Crippen LogP) is 1.66. The molecule has 0 saturated carbocycles. The van der Waals surface area contributed by atoms with Gasteiger partial charge in [-0.2, -0.15) is 0 Å². The lowest BCUT2D eigenvalue weighted by molar-refractivity contribution is -0.384. The van der Waals surface area contributed by atoms with Crippen LogP contribution >= 0.6 is 0 Å². The van der Waals surface area contributed by atoms with Gasteiger partial charge < -0.3 is 15.8 Å². The van der Waals surface area contributed by atoms with Crippen LogP contribution in [0.3, 0.4) is 0 Å². The minimum atomic E-state index is -0.496. The fourth-order valence-corrected chi connectivity index (χ4v) is 1.30. The molecule has 7 nitrogen and oxygen atoms in total. The van der Waals surface area contributed by atoms with Gasteiger partial charge in [0.2, 0.25) is 5.82 Å². The molecular formula is C11H18N4O3. The summed E-state index contributed by atoms with van der Waals surface area (Å²) in [6.45, 7) is 5.68. The number of hydrogen-bond acceptors (Lipinski definition) is 6. The Morgan fingerprint density at radius 1 is 1.56 bits per heavy atom. The maximum Gasteiger partial charge on any atom is 0.311 e. The van der Waals surface area contributed by atoms with Gasteiger partial charge in [-0.15, -0.1) is 0 Å². The highest BCUT2D eigenvalue weighted by Gasteiger charge is 2.14. The molecule has 0 aliphatic heterocycles. The van der Waals surface area contributed by atoms with E-state index in [4.69, 9.17) is 10.5 Å². The third-order valence-corrected chi connectivity index (χ3v) is 2.08. The van der Waals surface area contributed by atoms with Crippen LogP contribution in [0.1, 0.15) is 13.8 Å². The number of ether oxygens (including phenoxy) is 1. The lowest BCUT2D eigenvalue weighted by Gasteiger charge is -2.09. The normalized spacial score (nSPS) is 10.6. The van der Waals surface area contributed by atoms with Crippen LogP contribution in [0.2, 0.25) is 0 Å². The van der Waals surface area contributed by atoms with Crippen LogP contribution < -0.4 is 11.1 Å². The van der Waals surface area contributed by atoms with Crippen molar-refractivity contribution in [3.8, 4) is 0 Å². The summed E-state index contributed by atoms with van der Waals surface area (Å²) in [4.78, 5) is 14.2. The monoisotopic (exact) mass is 254 g/mol. The van der Waals surface area contributed by atoms with Gasteiger partial charge in [0.15, 0.2) is 0 Å². The van der Waals surface area contributed by atoms with Crippen molar-refractivity contribution < 1.29 is 9.66 Å². The molecule has 0 fully saturated rings. The number of pyridine rings is 1. The molecule has 0 unspecified atom stereocenters. The first-order valence-corrected chi connectivity index (χ1v) is 5.73. The van der Waals surface area contributed by atoms with Crippen LogP contribution in [0.15, 0.2) is 12.1 Å². The van der Waals surface area contributed by atoms with E-state index < -0.39 is 4.92 Å². The minimum absolute atomic E-state index is 0.0898. The number of nitrogen functional groups attached to an aromatic ring is 1. The van der Waals surface area contributed by atoms with E-state index >= 15 is 0 Å². The van der Waals surface area contributed by atoms with Crippen molar-refractivity contribution in [3.63, 3.8) is 0 Å². The van der Waals surface area contributed by atoms with Crippen molar-refractivity contribution in [1.29, 1.82) is 0 Å². The van der Waals surface area contributed by atoms with Gasteiger partial charge in [-0.25, -0.2) is 4.98 Å². The van der Waals surface area contributed by atoms with Gasteiger partial charge in [0.05, 0.1) is 11.5 Å². The molecule has 100 valence electrons. The van der Waals surface area contributed by atoms with Crippen LogP contribution in [0.4, 0.5) is 17.3 Å². The number of nitro groups is 1. The Bertz CT molecular complexity index is 409.